The Balaban J connectivity index is 1.48. The molecule has 2 N–H and O–H groups in total. The van der Waals surface area contributed by atoms with Crippen molar-refractivity contribution in [1.82, 2.24) is 19.7 Å². The molecule has 2 atom stereocenters. The minimum Gasteiger partial charge on any atom is -0.395 e. The topological polar surface area (TPSA) is 79.9 Å². The van der Waals surface area contributed by atoms with Crippen LogP contribution in [0.5, 0.6) is 0 Å². The maximum absolute atomic E-state index is 15.0. The van der Waals surface area contributed by atoms with Crippen LogP contribution in [0.15, 0.2) is 82.3 Å². The number of benzene rings is 3. The summed E-state index contributed by atoms with van der Waals surface area (Å²) in [6, 6.07) is 21.3. The first kappa shape index (κ1) is 30.2. The van der Waals surface area contributed by atoms with Gasteiger partial charge in [0.15, 0.2) is 0 Å². The fourth-order valence-electron chi connectivity index (χ4n) is 6.28. The molecule has 10 heteroatoms. The lowest BCUT2D eigenvalue weighted by atomic mass is 9.90. The molecule has 0 radical (unpaired) electrons. The summed E-state index contributed by atoms with van der Waals surface area (Å²) in [5.74, 6) is -0.0789. The Bertz CT molecular complexity index is 1620. The molecule has 2 fully saturated rings. The highest BCUT2D eigenvalue weighted by Gasteiger charge is 2.59. The first-order chi connectivity index (χ1) is 20.8. The predicted molar refractivity (Wildman–Crippen MR) is 175 cm³/mol. The predicted octanol–water partition coefficient (Wildman–Crippen LogP) is 6.03. The molecule has 0 saturated carbocycles. The smallest absolute Gasteiger partial charge is 0.242 e. The Kier molecular flexibility index (Phi) is 8.89. The van der Waals surface area contributed by atoms with Gasteiger partial charge in [0.25, 0.3) is 0 Å². The van der Waals surface area contributed by atoms with Gasteiger partial charge in [-0.05, 0) is 48.9 Å². The van der Waals surface area contributed by atoms with Crippen LogP contribution in [0.1, 0.15) is 29.2 Å². The maximum atomic E-state index is 15.0. The van der Waals surface area contributed by atoms with E-state index in [-0.39, 0.29) is 24.8 Å². The average Bonchev–Trinajstić information content (AvgIpc) is 3.53. The number of aliphatic hydroxyl groups is 1. The quantitative estimate of drug-likeness (QED) is 0.238. The molecule has 6 rings (SSSR count). The zero-order valence-corrected chi connectivity index (χ0v) is 27.1. The number of aromatic amines is 1. The third-order valence-corrected chi connectivity index (χ3v) is 10.7. The van der Waals surface area contributed by atoms with E-state index in [1.54, 1.807) is 0 Å². The molecule has 3 aromatic carbocycles. The molecule has 4 aromatic rings. The van der Waals surface area contributed by atoms with Crippen LogP contribution in [0, 0.1) is 6.92 Å². The number of halogens is 2. The number of fused-ring (bicyclic) bond motifs is 1. The van der Waals surface area contributed by atoms with Gasteiger partial charge in [0.05, 0.1) is 19.1 Å². The second-order valence-electron chi connectivity index (χ2n) is 11.3. The molecule has 2 saturated heterocycles. The molecule has 0 bridgehead atoms. The van der Waals surface area contributed by atoms with Crippen LogP contribution in [0.3, 0.4) is 0 Å². The van der Waals surface area contributed by atoms with E-state index < -0.39 is 10.8 Å². The number of nitrogens with zero attached hydrogens (tertiary/aromatic N) is 3. The van der Waals surface area contributed by atoms with Crippen molar-refractivity contribution in [2.24, 2.45) is 0 Å². The van der Waals surface area contributed by atoms with Crippen LogP contribution in [0.25, 0.3) is 10.9 Å². The highest BCUT2D eigenvalue weighted by molar-refractivity contribution is 9.10. The van der Waals surface area contributed by atoms with Gasteiger partial charge in [-0.3, -0.25) is 14.5 Å². The molecule has 3 heterocycles. The van der Waals surface area contributed by atoms with E-state index in [2.05, 4.69) is 25.8 Å². The van der Waals surface area contributed by atoms with Crippen LogP contribution in [0.4, 0.5) is 0 Å². The van der Waals surface area contributed by atoms with Crippen molar-refractivity contribution in [3.05, 3.63) is 99.1 Å². The summed E-state index contributed by atoms with van der Waals surface area (Å²) in [6.07, 6.45) is 2.03. The molecule has 0 spiro atoms. The molecule has 2 amide bonds. The number of aromatic nitrogens is 1. The van der Waals surface area contributed by atoms with Crippen LogP contribution in [-0.2, 0) is 16.1 Å². The fourth-order valence-corrected chi connectivity index (χ4v) is 8.19. The van der Waals surface area contributed by atoms with Gasteiger partial charge in [-0.1, -0.05) is 63.4 Å². The zero-order valence-electron chi connectivity index (χ0n) is 23.9. The lowest BCUT2D eigenvalue weighted by Gasteiger charge is -2.42. The van der Waals surface area contributed by atoms with Gasteiger partial charge in [-0.15, -0.1) is 11.8 Å². The Morgan fingerprint density at radius 1 is 1.07 bits per heavy atom. The second kappa shape index (κ2) is 12.7. The number of H-pyrrole nitrogens is 1. The molecular formula is C33H34BrClN4O3S. The van der Waals surface area contributed by atoms with E-state index in [0.717, 1.165) is 37.0 Å². The monoisotopic (exact) mass is 680 g/mol. The van der Waals surface area contributed by atoms with E-state index in [1.165, 1.54) is 11.8 Å². The van der Waals surface area contributed by atoms with Gasteiger partial charge < -0.3 is 19.9 Å². The van der Waals surface area contributed by atoms with Crippen molar-refractivity contribution in [3.8, 4) is 0 Å². The van der Waals surface area contributed by atoms with Crippen molar-refractivity contribution in [3.63, 3.8) is 0 Å². The number of likely N-dealkylation sites (tertiary alicyclic amines) is 1. The lowest BCUT2D eigenvalue weighted by Crippen LogP contribution is -2.56. The van der Waals surface area contributed by atoms with E-state index >= 15 is 0 Å². The molecule has 0 unspecified atom stereocenters. The summed E-state index contributed by atoms with van der Waals surface area (Å²) in [7, 11) is 0. The van der Waals surface area contributed by atoms with E-state index in [1.807, 2.05) is 89.7 Å². The number of aryl methyl sites for hydroxylation is 1. The molecule has 43 heavy (non-hydrogen) atoms. The average molecular weight is 682 g/mol. The number of β-amino-alcohol motifs (C(OH)–C–C–N with tert-alkyl or cyclic N) is 1. The summed E-state index contributed by atoms with van der Waals surface area (Å²) in [5.41, 5.74) is 3.89. The normalized spacial score (nSPS) is 21.2. The number of piperazine rings is 1. The second-order valence-corrected chi connectivity index (χ2v) is 14.1. The SMILES string of the molecule is Cc1ccc(S[C@@]2(C(=O)N3CCN(CCO)CC3)CC(=O)N(Cc3ccc(Br)cc3)[C@H]2c2c[nH]c3cc(Cl)ccc23)cc1. The van der Waals surface area contributed by atoms with Crippen molar-refractivity contribution in [1.29, 1.82) is 0 Å². The van der Waals surface area contributed by atoms with Crippen LogP contribution < -0.4 is 0 Å². The van der Waals surface area contributed by atoms with Gasteiger partial charge in [0, 0.05) is 76.3 Å². The number of aliphatic hydroxyl groups excluding tert-OH is 1. The van der Waals surface area contributed by atoms with Crippen molar-refractivity contribution >= 4 is 62.0 Å². The van der Waals surface area contributed by atoms with Gasteiger partial charge in [-0.2, -0.15) is 0 Å². The van der Waals surface area contributed by atoms with E-state index in [9.17, 15) is 14.7 Å². The number of thioether (sulfide) groups is 1. The molecule has 0 aliphatic carbocycles. The van der Waals surface area contributed by atoms with Gasteiger partial charge in [-0.25, -0.2) is 0 Å². The molecule has 7 nitrogen and oxygen atoms in total. The lowest BCUT2D eigenvalue weighted by molar-refractivity contribution is -0.136. The highest BCUT2D eigenvalue weighted by Crippen LogP contribution is 2.55. The fraction of sp³-hybridized carbons (Fsp3) is 0.333. The van der Waals surface area contributed by atoms with Crippen molar-refractivity contribution < 1.29 is 14.7 Å². The Labute approximate surface area is 269 Å². The number of carbonyl (C=O) groups is 2. The van der Waals surface area contributed by atoms with Gasteiger partial charge in [0.2, 0.25) is 11.8 Å². The summed E-state index contributed by atoms with van der Waals surface area (Å²) in [4.78, 5) is 39.5. The first-order valence-electron chi connectivity index (χ1n) is 14.5. The van der Waals surface area contributed by atoms with Crippen molar-refractivity contribution in [2.45, 2.75) is 35.6 Å². The number of nitrogens with one attached hydrogen (secondary N) is 1. The largest absolute Gasteiger partial charge is 0.395 e. The van der Waals surface area contributed by atoms with Crippen LogP contribution in [-0.4, -0.2) is 80.7 Å². The number of carbonyl (C=O) groups excluding carboxylic acids is 2. The third kappa shape index (κ3) is 6.11. The first-order valence-corrected chi connectivity index (χ1v) is 16.4. The minimum absolute atomic E-state index is 0.0262. The van der Waals surface area contributed by atoms with E-state index in [0.29, 0.717) is 44.3 Å². The van der Waals surface area contributed by atoms with Gasteiger partial charge >= 0.3 is 0 Å². The Morgan fingerprint density at radius 2 is 1.79 bits per heavy atom. The molecule has 2 aliphatic rings. The Morgan fingerprint density at radius 3 is 2.49 bits per heavy atom. The summed E-state index contributed by atoms with van der Waals surface area (Å²) in [6.45, 7) is 5.57. The molecule has 1 aromatic heterocycles. The maximum Gasteiger partial charge on any atom is 0.242 e. The third-order valence-electron chi connectivity index (χ3n) is 8.48. The standard InChI is InChI=1S/C33H34BrClN4O3S/c1-22-2-9-26(10-3-22)43-33(32(42)38-14-12-37(13-15-38)16-17-40)19-30(41)39(21-23-4-6-24(34)7-5-23)31(33)28-20-36-29-18-25(35)8-11-27(28)29/h2-11,18,20,31,36,40H,12-17,19,21H2,1H3/t31-,33-/m0/s1. The van der Waals surface area contributed by atoms with E-state index in [4.69, 9.17) is 11.6 Å². The highest BCUT2D eigenvalue weighted by atomic mass is 79.9. The number of rotatable bonds is 8. The number of amides is 2. The minimum atomic E-state index is -1.10. The number of hydrogen-bond donors (Lipinski definition) is 2. The number of hydrogen-bond acceptors (Lipinski definition) is 5. The van der Waals surface area contributed by atoms with Crippen LogP contribution in [0.2, 0.25) is 5.02 Å². The molecular weight excluding hydrogens is 648 g/mol. The summed E-state index contributed by atoms with van der Waals surface area (Å²) >= 11 is 11.4. The zero-order chi connectivity index (χ0) is 30.1. The van der Waals surface area contributed by atoms with Gasteiger partial charge in [0.1, 0.15) is 4.75 Å². The molecule has 2 aliphatic heterocycles. The Hall–Kier alpha value is -2.82. The van der Waals surface area contributed by atoms with Crippen LogP contribution >= 0.6 is 39.3 Å². The summed E-state index contributed by atoms with van der Waals surface area (Å²) < 4.78 is -0.135. The molecule has 224 valence electrons. The van der Waals surface area contributed by atoms with Crippen molar-refractivity contribution in [2.75, 3.05) is 39.3 Å². The summed E-state index contributed by atoms with van der Waals surface area (Å²) in [5, 5.41) is 11.0.